The highest BCUT2D eigenvalue weighted by molar-refractivity contribution is 6.62. The summed E-state index contributed by atoms with van der Waals surface area (Å²) in [5.41, 5.74) is 0.895. The fraction of sp³-hybridized carbons (Fsp3) is 0.619. The van der Waals surface area contributed by atoms with Crippen LogP contribution in [0.4, 0.5) is 0 Å². The van der Waals surface area contributed by atoms with Gasteiger partial charge in [-0.1, -0.05) is 30.3 Å². The van der Waals surface area contributed by atoms with Gasteiger partial charge in [0.05, 0.1) is 29.0 Å². The largest absolute Gasteiger partial charge is 0.494 e. The maximum atomic E-state index is 9.93. The lowest BCUT2D eigenvalue weighted by molar-refractivity contribution is 0.00578. The Labute approximate surface area is 169 Å². The Morgan fingerprint density at radius 1 is 0.857 bits per heavy atom. The average Bonchev–Trinajstić information content (AvgIpc) is 2.92. The monoisotopic (exact) mass is 386 g/mol. The van der Waals surface area contributed by atoms with Crippen LogP contribution in [-0.2, 0) is 18.6 Å². The number of hydrogen-bond acceptors (Lipinski definition) is 5. The van der Waals surface area contributed by atoms with Crippen molar-refractivity contribution in [3.63, 3.8) is 0 Å². The molecule has 0 aliphatic carbocycles. The zero-order valence-corrected chi connectivity index (χ0v) is 18.3. The summed E-state index contributed by atoms with van der Waals surface area (Å²) < 4.78 is 24.4. The molecular weight excluding hydrogens is 354 g/mol. The molecule has 2 aliphatic heterocycles. The van der Waals surface area contributed by atoms with Crippen LogP contribution < -0.4 is 5.46 Å². The van der Waals surface area contributed by atoms with Gasteiger partial charge in [-0.05, 0) is 71.9 Å². The Kier molecular flexibility index (Phi) is 5.39. The van der Waals surface area contributed by atoms with Gasteiger partial charge in [-0.2, -0.15) is 0 Å². The second-order valence-electron chi connectivity index (χ2n) is 9.72. The Bertz CT molecular complexity index is 738. The fourth-order valence-corrected chi connectivity index (χ4v) is 3.17. The molecule has 0 bridgehead atoms. The van der Waals surface area contributed by atoms with Crippen molar-refractivity contribution in [1.29, 1.82) is 0 Å². The normalized spacial score (nSPS) is 25.4. The molecule has 0 spiro atoms. The van der Waals surface area contributed by atoms with E-state index in [0.29, 0.717) is 5.47 Å². The van der Waals surface area contributed by atoms with Crippen LogP contribution in [0.25, 0.3) is 6.08 Å². The summed E-state index contributed by atoms with van der Waals surface area (Å²) in [5.74, 6) is 0. The van der Waals surface area contributed by atoms with E-state index >= 15 is 0 Å². The summed E-state index contributed by atoms with van der Waals surface area (Å²) in [5, 5.41) is 9.93. The first-order valence-corrected chi connectivity index (χ1v) is 9.91. The van der Waals surface area contributed by atoms with Crippen molar-refractivity contribution in [2.75, 3.05) is 6.61 Å². The van der Waals surface area contributed by atoms with E-state index in [1.54, 1.807) is 0 Å². The molecule has 5 nitrogen and oxygen atoms in total. The van der Waals surface area contributed by atoms with Crippen molar-refractivity contribution >= 4 is 25.8 Å². The highest BCUT2D eigenvalue weighted by atomic mass is 16.7. The summed E-state index contributed by atoms with van der Waals surface area (Å²) >= 11 is 0. The first kappa shape index (κ1) is 21.6. The first-order valence-electron chi connectivity index (χ1n) is 9.91. The van der Waals surface area contributed by atoms with Gasteiger partial charge >= 0.3 is 14.2 Å². The topological polar surface area (TPSA) is 57.2 Å². The molecule has 3 rings (SSSR count). The van der Waals surface area contributed by atoms with Crippen molar-refractivity contribution < 1.29 is 23.7 Å². The highest BCUT2D eigenvalue weighted by Crippen LogP contribution is 2.39. The van der Waals surface area contributed by atoms with E-state index < -0.39 is 25.4 Å². The van der Waals surface area contributed by atoms with Gasteiger partial charge in [0, 0.05) is 0 Å². The third-order valence-electron chi connectivity index (χ3n) is 6.53. The Morgan fingerprint density at radius 2 is 1.36 bits per heavy atom. The number of rotatable bonds is 4. The molecule has 0 radical (unpaired) electrons. The van der Waals surface area contributed by atoms with Gasteiger partial charge in [0.15, 0.2) is 0 Å². The van der Waals surface area contributed by atoms with Crippen LogP contribution in [0.2, 0.25) is 0 Å². The minimum atomic E-state index is -0.574. The summed E-state index contributed by atoms with van der Waals surface area (Å²) in [6, 6.07) is 7.96. The maximum Gasteiger partial charge on any atom is 0.494 e. The van der Waals surface area contributed by atoms with E-state index in [1.807, 2.05) is 85.7 Å². The molecule has 0 amide bonds. The van der Waals surface area contributed by atoms with Gasteiger partial charge in [0.1, 0.15) is 0 Å². The summed E-state index contributed by atoms with van der Waals surface area (Å²) in [7, 11) is -0.997. The van der Waals surface area contributed by atoms with Crippen LogP contribution >= 0.6 is 0 Å². The molecule has 1 N–H and O–H groups in total. The van der Waals surface area contributed by atoms with Crippen molar-refractivity contribution in [2.24, 2.45) is 0 Å². The lowest BCUT2D eigenvalue weighted by atomic mass is 9.75. The number of aliphatic hydroxyl groups is 1. The summed E-state index contributed by atoms with van der Waals surface area (Å²) in [6.07, 6.45) is 1.91. The molecule has 152 valence electrons. The molecule has 2 aliphatic rings. The fourth-order valence-electron chi connectivity index (χ4n) is 3.17. The van der Waals surface area contributed by atoms with Crippen LogP contribution in [-0.4, -0.2) is 48.4 Å². The number of benzene rings is 1. The standard InChI is InChI=1S/C21H32B2O5/c1-18(2)19(3,4)26-22(25-18)16-11-9-10-15(12-16)13-17(14-24)23-27-20(5,6)21(7,8)28-23/h9-13,24H,14H2,1-8H3. The van der Waals surface area contributed by atoms with E-state index in [4.69, 9.17) is 18.6 Å². The maximum absolute atomic E-state index is 9.93. The van der Waals surface area contributed by atoms with Gasteiger partial charge < -0.3 is 23.7 Å². The summed E-state index contributed by atoms with van der Waals surface area (Å²) in [4.78, 5) is 0. The molecule has 0 atom stereocenters. The molecule has 0 unspecified atom stereocenters. The van der Waals surface area contributed by atoms with Crippen molar-refractivity contribution in [2.45, 2.75) is 77.8 Å². The van der Waals surface area contributed by atoms with Crippen molar-refractivity contribution in [3.8, 4) is 0 Å². The first-order chi connectivity index (χ1) is 12.8. The predicted molar refractivity (Wildman–Crippen MR) is 113 cm³/mol. The van der Waals surface area contributed by atoms with E-state index in [-0.39, 0.29) is 17.8 Å². The molecular formula is C21H32B2O5. The van der Waals surface area contributed by atoms with Crippen LogP contribution in [0.5, 0.6) is 0 Å². The van der Waals surface area contributed by atoms with Crippen LogP contribution in [0, 0.1) is 0 Å². The Morgan fingerprint density at radius 3 is 1.86 bits per heavy atom. The Balaban J connectivity index is 1.84. The molecule has 0 saturated carbocycles. The van der Waals surface area contributed by atoms with Crippen LogP contribution in [0.1, 0.15) is 61.0 Å². The second-order valence-corrected chi connectivity index (χ2v) is 9.72. The van der Waals surface area contributed by atoms with Gasteiger partial charge in [0.2, 0.25) is 0 Å². The average molecular weight is 386 g/mol. The predicted octanol–water partition coefficient (Wildman–Crippen LogP) is 2.99. The lowest BCUT2D eigenvalue weighted by Gasteiger charge is -2.32. The molecule has 28 heavy (non-hydrogen) atoms. The quantitative estimate of drug-likeness (QED) is 0.807. The minimum absolute atomic E-state index is 0.141. The third kappa shape index (κ3) is 3.83. The molecule has 1 aromatic rings. The Hall–Kier alpha value is -1.11. The van der Waals surface area contributed by atoms with Crippen molar-refractivity contribution in [3.05, 3.63) is 35.3 Å². The van der Waals surface area contributed by atoms with E-state index in [0.717, 1.165) is 11.0 Å². The van der Waals surface area contributed by atoms with E-state index in [1.165, 1.54) is 0 Å². The molecule has 7 heteroatoms. The molecule has 2 saturated heterocycles. The molecule has 2 fully saturated rings. The van der Waals surface area contributed by atoms with E-state index in [2.05, 4.69) is 0 Å². The molecule has 2 heterocycles. The highest BCUT2D eigenvalue weighted by Gasteiger charge is 2.53. The third-order valence-corrected chi connectivity index (χ3v) is 6.53. The van der Waals surface area contributed by atoms with Crippen molar-refractivity contribution in [1.82, 2.24) is 0 Å². The molecule has 0 aromatic heterocycles. The minimum Gasteiger partial charge on any atom is -0.400 e. The number of aliphatic hydroxyl groups excluding tert-OH is 1. The van der Waals surface area contributed by atoms with Gasteiger partial charge in [-0.25, -0.2) is 0 Å². The zero-order valence-electron chi connectivity index (χ0n) is 18.3. The summed E-state index contributed by atoms with van der Waals surface area (Å²) in [6.45, 7) is 16.0. The van der Waals surface area contributed by atoms with Crippen LogP contribution in [0.3, 0.4) is 0 Å². The van der Waals surface area contributed by atoms with Gasteiger partial charge in [0.25, 0.3) is 0 Å². The van der Waals surface area contributed by atoms with E-state index in [9.17, 15) is 5.11 Å². The number of hydrogen-bond donors (Lipinski definition) is 1. The van der Waals surface area contributed by atoms with Crippen LogP contribution in [0.15, 0.2) is 29.7 Å². The van der Waals surface area contributed by atoms with Gasteiger partial charge in [-0.3, -0.25) is 0 Å². The smallest absolute Gasteiger partial charge is 0.400 e. The lowest BCUT2D eigenvalue weighted by Crippen LogP contribution is -2.41. The molecule has 1 aromatic carbocycles. The second kappa shape index (κ2) is 6.99. The SMILES string of the molecule is CC1(C)OB(C(=Cc2cccc(B3OC(C)(C)C(C)(C)O3)c2)CO)OC1(C)C. The van der Waals surface area contributed by atoms with Gasteiger partial charge in [-0.15, -0.1) is 0 Å². The zero-order chi connectivity index (χ0) is 21.0.